The number of fused-ring (bicyclic) bond motifs is 1. The van der Waals surface area contributed by atoms with E-state index in [-0.39, 0.29) is 12.4 Å². The molecule has 0 aliphatic heterocycles. The molecule has 150 valence electrons. The molecular weight excluding hydrogens is 444 g/mol. The maximum Gasteiger partial charge on any atom is 0.343 e. The average molecular weight is 461 g/mol. The highest BCUT2D eigenvalue weighted by atomic mass is 79.9. The topological polar surface area (TPSA) is 99.4 Å². The van der Waals surface area contributed by atoms with Crippen molar-refractivity contribution in [2.45, 2.75) is 0 Å². The highest BCUT2D eigenvalue weighted by Crippen LogP contribution is 2.33. The van der Waals surface area contributed by atoms with Gasteiger partial charge in [0, 0.05) is 15.4 Å². The summed E-state index contributed by atoms with van der Waals surface area (Å²) >= 11 is 3.40. The first-order valence-electron chi connectivity index (χ1n) is 8.41. The molecule has 1 N–H and O–H groups in total. The maximum absolute atomic E-state index is 12.2. The highest BCUT2D eigenvalue weighted by Gasteiger charge is 2.13. The van der Waals surface area contributed by atoms with Crippen molar-refractivity contribution in [3.8, 4) is 11.5 Å². The zero-order valence-corrected chi connectivity index (χ0v) is 17.2. The third-order valence-electron chi connectivity index (χ3n) is 3.88. The van der Waals surface area contributed by atoms with E-state index in [2.05, 4.69) is 31.2 Å². The van der Waals surface area contributed by atoms with Crippen LogP contribution in [-0.2, 0) is 9.53 Å². The number of methoxy groups -OCH3 is 2. The number of nitrogens with one attached hydrogen (secondary N) is 1. The van der Waals surface area contributed by atoms with Gasteiger partial charge in [0.15, 0.2) is 23.9 Å². The molecule has 29 heavy (non-hydrogen) atoms. The minimum absolute atomic E-state index is 0.159. The molecule has 1 heterocycles. The van der Waals surface area contributed by atoms with Crippen molar-refractivity contribution in [1.29, 1.82) is 0 Å². The number of nitrogens with zero attached hydrogens (tertiary/aromatic N) is 1. The number of ether oxygens (including phenoxy) is 3. The number of carbonyl (C=O) groups excluding carboxylic acids is 2. The number of rotatable bonds is 7. The van der Waals surface area contributed by atoms with Gasteiger partial charge in [-0.2, -0.15) is 5.10 Å². The zero-order valence-electron chi connectivity index (χ0n) is 15.6. The molecule has 0 aliphatic carbocycles. The van der Waals surface area contributed by atoms with Gasteiger partial charge in [0.1, 0.15) is 5.58 Å². The summed E-state index contributed by atoms with van der Waals surface area (Å²) in [4.78, 5) is 23.5. The Morgan fingerprint density at radius 2 is 1.97 bits per heavy atom. The van der Waals surface area contributed by atoms with Crippen molar-refractivity contribution in [2.24, 2.45) is 5.10 Å². The molecule has 2 aromatic carbocycles. The third kappa shape index (κ3) is 4.94. The Bertz CT molecular complexity index is 1040. The van der Waals surface area contributed by atoms with Crippen molar-refractivity contribution >= 4 is 45.0 Å². The molecule has 0 saturated heterocycles. The standard InChI is InChI=1S/C20H17BrN2O6/c1-26-16-8-13(14(21)9-17(16)28-11-19(24)27-2)10-22-23-20(25)18-7-12-5-3-4-6-15(12)29-18/h3-10H,11H2,1-2H3,(H,23,25)/b22-10+. The summed E-state index contributed by atoms with van der Waals surface area (Å²) in [5.41, 5.74) is 3.66. The van der Waals surface area contributed by atoms with Crippen LogP contribution >= 0.6 is 15.9 Å². The van der Waals surface area contributed by atoms with Gasteiger partial charge in [0.25, 0.3) is 0 Å². The fraction of sp³-hybridized carbons (Fsp3) is 0.150. The summed E-state index contributed by atoms with van der Waals surface area (Å²) in [6.45, 7) is -0.250. The first kappa shape index (κ1) is 20.4. The summed E-state index contributed by atoms with van der Waals surface area (Å²) in [7, 11) is 2.75. The molecule has 3 aromatic rings. The van der Waals surface area contributed by atoms with E-state index in [4.69, 9.17) is 13.9 Å². The van der Waals surface area contributed by atoms with Crippen LogP contribution in [0.4, 0.5) is 0 Å². The molecule has 0 unspecified atom stereocenters. The predicted molar refractivity (Wildman–Crippen MR) is 109 cm³/mol. The van der Waals surface area contributed by atoms with Gasteiger partial charge in [-0.25, -0.2) is 10.2 Å². The summed E-state index contributed by atoms with van der Waals surface area (Å²) in [6, 6.07) is 12.2. The molecule has 1 aromatic heterocycles. The molecule has 0 spiro atoms. The lowest BCUT2D eigenvalue weighted by Gasteiger charge is -2.11. The van der Waals surface area contributed by atoms with Gasteiger partial charge in [-0.3, -0.25) is 4.79 Å². The lowest BCUT2D eigenvalue weighted by molar-refractivity contribution is -0.142. The largest absolute Gasteiger partial charge is 0.493 e. The van der Waals surface area contributed by atoms with Crippen LogP contribution in [0, 0.1) is 0 Å². The SMILES string of the molecule is COC(=O)COc1cc(Br)c(/C=N/NC(=O)c2cc3ccccc3o2)cc1OC. The van der Waals surface area contributed by atoms with Crippen molar-refractivity contribution in [3.05, 3.63) is 58.3 Å². The molecule has 8 nitrogen and oxygen atoms in total. The normalized spacial score (nSPS) is 10.9. The molecular formula is C20H17BrN2O6. The van der Waals surface area contributed by atoms with Crippen molar-refractivity contribution in [2.75, 3.05) is 20.8 Å². The van der Waals surface area contributed by atoms with Gasteiger partial charge in [-0.05, 0) is 40.2 Å². The lowest BCUT2D eigenvalue weighted by Crippen LogP contribution is -2.16. The van der Waals surface area contributed by atoms with E-state index in [0.29, 0.717) is 27.1 Å². The predicted octanol–water partition coefficient (Wildman–Crippen LogP) is 3.52. The van der Waals surface area contributed by atoms with E-state index in [1.165, 1.54) is 20.4 Å². The van der Waals surface area contributed by atoms with Gasteiger partial charge >= 0.3 is 11.9 Å². The Morgan fingerprint density at radius 1 is 1.17 bits per heavy atom. The number of hydrogen-bond donors (Lipinski definition) is 1. The molecule has 1 amide bonds. The van der Waals surface area contributed by atoms with Crippen molar-refractivity contribution in [1.82, 2.24) is 5.43 Å². The maximum atomic E-state index is 12.2. The smallest absolute Gasteiger partial charge is 0.343 e. The third-order valence-corrected chi connectivity index (χ3v) is 4.56. The van der Waals surface area contributed by atoms with Gasteiger partial charge in [-0.1, -0.05) is 18.2 Å². The minimum Gasteiger partial charge on any atom is -0.493 e. The molecule has 9 heteroatoms. The summed E-state index contributed by atoms with van der Waals surface area (Å²) in [6.07, 6.45) is 1.44. The summed E-state index contributed by atoms with van der Waals surface area (Å²) < 4.78 is 21.3. The first-order chi connectivity index (χ1) is 14.0. The first-order valence-corrected chi connectivity index (χ1v) is 9.20. The van der Waals surface area contributed by atoms with Crippen LogP contribution in [0.15, 0.2) is 56.5 Å². The number of benzene rings is 2. The molecule has 0 aliphatic rings. The van der Waals surface area contributed by atoms with Crippen LogP contribution in [0.2, 0.25) is 0 Å². The Hall–Kier alpha value is -3.33. The number of esters is 1. The van der Waals surface area contributed by atoms with Gasteiger partial charge in [-0.15, -0.1) is 0 Å². The van der Waals surface area contributed by atoms with Crippen LogP contribution < -0.4 is 14.9 Å². The molecule has 0 fully saturated rings. The number of furan rings is 1. The summed E-state index contributed by atoms with van der Waals surface area (Å²) in [5, 5.41) is 4.79. The van der Waals surface area contributed by atoms with Crippen LogP contribution in [-0.4, -0.2) is 38.9 Å². The van der Waals surface area contributed by atoms with E-state index in [1.54, 1.807) is 24.3 Å². The second-order valence-electron chi connectivity index (χ2n) is 5.74. The van der Waals surface area contributed by atoms with E-state index in [1.807, 2.05) is 18.2 Å². The monoisotopic (exact) mass is 460 g/mol. The number of hydrogen-bond acceptors (Lipinski definition) is 7. The molecule has 0 bridgehead atoms. The quantitative estimate of drug-likeness (QED) is 0.329. The Balaban J connectivity index is 1.70. The van der Waals surface area contributed by atoms with Gasteiger partial charge < -0.3 is 18.6 Å². The van der Waals surface area contributed by atoms with Crippen LogP contribution in [0.3, 0.4) is 0 Å². The number of para-hydroxylation sites is 1. The zero-order chi connectivity index (χ0) is 20.8. The van der Waals surface area contributed by atoms with E-state index in [0.717, 1.165) is 5.39 Å². The fourth-order valence-corrected chi connectivity index (χ4v) is 2.85. The second-order valence-corrected chi connectivity index (χ2v) is 6.59. The Labute approximate surface area is 174 Å². The van der Waals surface area contributed by atoms with E-state index >= 15 is 0 Å². The molecule has 3 rings (SSSR count). The second kappa shape index (κ2) is 9.24. The van der Waals surface area contributed by atoms with Gasteiger partial charge in [0.05, 0.1) is 20.4 Å². The van der Waals surface area contributed by atoms with Crippen molar-refractivity contribution in [3.63, 3.8) is 0 Å². The fourth-order valence-electron chi connectivity index (χ4n) is 2.43. The van der Waals surface area contributed by atoms with Crippen LogP contribution in [0.1, 0.15) is 16.1 Å². The van der Waals surface area contributed by atoms with Crippen molar-refractivity contribution < 1.29 is 28.2 Å². The van der Waals surface area contributed by atoms with E-state index in [9.17, 15) is 9.59 Å². The summed E-state index contributed by atoms with van der Waals surface area (Å²) in [5.74, 6) is -0.0809. The molecule has 0 saturated carbocycles. The molecule has 0 atom stereocenters. The number of halogens is 1. The highest BCUT2D eigenvalue weighted by molar-refractivity contribution is 9.10. The Kier molecular flexibility index (Phi) is 6.50. The number of carbonyl (C=O) groups is 2. The number of amides is 1. The van der Waals surface area contributed by atoms with Gasteiger partial charge in [0.2, 0.25) is 0 Å². The van der Waals surface area contributed by atoms with Crippen LogP contribution in [0.25, 0.3) is 11.0 Å². The minimum atomic E-state index is -0.512. The van der Waals surface area contributed by atoms with E-state index < -0.39 is 11.9 Å². The molecule has 0 radical (unpaired) electrons. The number of hydrazone groups is 1. The lowest BCUT2D eigenvalue weighted by atomic mass is 10.2. The average Bonchev–Trinajstić information content (AvgIpc) is 3.17. The Morgan fingerprint density at radius 3 is 2.69 bits per heavy atom. The van der Waals surface area contributed by atoms with Crippen LogP contribution in [0.5, 0.6) is 11.5 Å².